The molecular weight excluding hydrogens is 242 g/mol. The van der Waals surface area contributed by atoms with Crippen molar-refractivity contribution in [3.8, 4) is 11.5 Å². The minimum Gasteiger partial charge on any atom is -0.490 e. The first-order valence-corrected chi connectivity index (χ1v) is 5.84. The number of hydrogen-bond donors (Lipinski definition) is 0. The molecule has 0 saturated heterocycles. The fourth-order valence-corrected chi connectivity index (χ4v) is 1.52. The number of nitrogens with zero attached hydrogens (tertiary/aromatic N) is 3. The number of azide groups is 1. The quantitative estimate of drug-likeness (QED) is 0.337. The zero-order valence-electron chi connectivity index (χ0n) is 10.3. The molecule has 0 heterocycles. The maximum Gasteiger partial charge on any atom is 0.122 e. The molecule has 0 bridgehead atoms. The average Bonchev–Trinajstić information content (AvgIpc) is 2.46. The van der Waals surface area contributed by atoms with Crippen molar-refractivity contribution in [2.24, 2.45) is 5.11 Å². The Hall–Kier alpha value is -2.65. The first-order chi connectivity index (χ1) is 9.38. The van der Waals surface area contributed by atoms with Gasteiger partial charge >= 0.3 is 0 Å². The molecule has 0 spiro atoms. The second-order valence-electron chi connectivity index (χ2n) is 3.70. The van der Waals surface area contributed by atoms with Gasteiger partial charge in [0.15, 0.2) is 0 Å². The van der Waals surface area contributed by atoms with Crippen LogP contribution >= 0.6 is 0 Å². The lowest BCUT2D eigenvalue weighted by molar-refractivity contribution is 0.217. The van der Waals surface area contributed by atoms with Crippen LogP contribution in [-0.2, 0) is 0 Å². The number of ether oxygens (including phenoxy) is 2. The van der Waals surface area contributed by atoms with Crippen LogP contribution in [0.5, 0.6) is 11.5 Å². The highest BCUT2D eigenvalue weighted by molar-refractivity contribution is 5.42. The van der Waals surface area contributed by atoms with Crippen molar-refractivity contribution in [2.45, 2.75) is 0 Å². The van der Waals surface area contributed by atoms with E-state index in [1.807, 2.05) is 30.3 Å². The average molecular weight is 255 g/mol. The molecule has 96 valence electrons. The van der Waals surface area contributed by atoms with E-state index < -0.39 is 0 Å². The lowest BCUT2D eigenvalue weighted by Gasteiger charge is -2.08. The van der Waals surface area contributed by atoms with E-state index in [1.165, 1.54) is 0 Å². The summed E-state index contributed by atoms with van der Waals surface area (Å²) in [6.07, 6.45) is 0. The van der Waals surface area contributed by atoms with E-state index in [0.29, 0.717) is 24.7 Å². The van der Waals surface area contributed by atoms with Gasteiger partial charge in [0.1, 0.15) is 24.7 Å². The SMILES string of the molecule is [N-]=[N+]=Nc1cccc(OCCOc2ccccc2)c1. The molecule has 0 aliphatic carbocycles. The van der Waals surface area contributed by atoms with E-state index in [1.54, 1.807) is 24.3 Å². The Kier molecular flexibility index (Phi) is 4.67. The molecule has 0 atom stereocenters. The summed E-state index contributed by atoms with van der Waals surface area (Å²) >= 11 is 0. The van der Waals surface area contributed by atoms with E-state index in [9.17, 15) is 0 Å². The van der Waals surface area contributed by atoms with Crippen molar-refractivity contribution >= 4 is 5.69 Å². The molecule has 5 heteroatoms. The van der Waals surface area contributed by atoms with E-state index in [-0.39, 0.29) is 0 Å². The fraction of sp³-hybridized carbons (Fsp3) is 0.143. The normalized spacial score (nSPS) is 9.47. The summed E-state index contributed by atoms with van der Waals surface area (Å²) in [6, 6.07) is 16.5. The highest BCUT2D eigenvalue weighted by Gasteiger charge is 1.96. The van der Waals surface area contributed by atoms with Crippen LogP contribution in [0.15, 0.2) is 59.7 Å². The van der Waals surface area contributed by atoms with Crippen molar-refractivity contribution < 1.29 is 9.47 Å². The predicted octanol–water partition coefficient (Wildman–Crippen LogP) is 4.09. The summed E-state index contributed by atoms with van der Waals surface area (Å²) in [7, 11) is 0. The largest absolute Gasteiger partial charge is 0.490 e. The highest BCUT2D eigenvalue weighted by Crippen LogP contribution is 2.19. The summed E-state index contributed by atoms with van der Waals surface area (Å²) < 4.78 is 11.0. The molecule has 0 fully saturated rings. The van der Waals surface area contributed by atoms with Gasteiger partial charge in [-0.15, -0.1) is 0 Å². The first-order valence-electron chi connectivity index (χ1n) is 5.84. The Balaban J connectivity index is 1.79. The van der Waals surface area contributed by atoms with Crippen LogP contribution in [0.3, 0.4) is 0 Å². The van der Waals surface area contributed by atoms with Gasteiger partial charge in [0, 0.05) is 10.6 Å². The second kappa shape index (κ2) is 6.93. The molecule has 0 aliphatic heterocycles. The predicted molar refractivity (Wildman–Crippen MR) is 72.7 cm³/mol. The van der Waals surface area contributed by atoms with Crippen LogP contribution in [0, 0.1) is 0 Å². The lowest BCUT2D eigenvalue weighted by Crippen LogP contribution is -2.08. The molecule has 0 unspecified atom stereocenters. The Morgan fingerprint density at radius 3 is 2.32 bits per heavy atom. The molecular formula is C14H13N3O2. The van der Waals surface area contributed by atoms with E-state index >= 15 is 0 Å². The molecule has 0 saturated carbocycles. The maximum atomic E-state index is 8.35. The van der Waals surface area contributed by atoms with Gasteiger partial charge in [-0.1, -0.05) is 35.4 Å². The van der Waals surface area contributed by atoms with Crippen LogP contribution in [0.1, 0.15) is 0 Å². The second-order valence-corrected chi connectivity index (χ2v) is 3.70. The molecule has 19 heavy (non-hydrogen) atoms. The minimum atomic E-state index is 0.425. The van der Waals surface area contributed by atoms with Crippen LogP contribution in [0.25, 0.3) is 10.4 Å². The molecule has 0 radical (unpaired) electrons. The van der Waals surface area contributed by atoms with Crippen molar-refractivity contribution in [1.29, 1.82) is 0 Å². The van der Waals surface area contributed by atoms with Gasteiger partial charge in [0.05, 0.1) is 0 Å². The van der Waals surface area contributed by atoms with Crippen molar-refractivity contribution in [1.82, 2.24) is 0 Å². The topological polar surface area (TPSA) is 67.2 Å². The van der Waals surface area contributed by atoms with Gasteiger partial charge in [0.2, 0.25) is 0 Å². The summed E-state index contributed by atoms with van der Waals surface area (Å²) in [4.78, 5) is 2.73. The summed E-state index contributed by atoms with van der Waals surface area (Å²) in [5.74, 6) is 1.47. The highest BCUT2D eigenvalue weighted by atomic mass is 16.5. The monoisotopic (exact) mass is 255 g/mol. The van der Waals surface area contributed by atoms with Crippen LogP contribution in [0.4, 0.5) is 5.69 Å². The molecule has 0 N–H and O–H groups in total. The van der Waals surface area contributed by atoms with Gasteiger partial charge in [-0.2, -0.15) is 0 Å². The zero-order valence-corrected chi connectivity index (χ0v) is 10.3. The Labute approximate surface area is 111 Å². The summed E-state index contributed by atoms with van der Waals surface area (Å²) in [5, 5.41) is 3.51. The van der Waals surface area contributed by atoms with E-state index in [0.717, 1.165) is 5.75 Å². The van der Waals surface area contributed by atoms with Gasteiger partial charge in [-0.05, 0) is 29.8 Å². The molecule has 0 aliphatic rings. The molecule has 2 aromatic rings. The molecule has 0 amide bonds. The van der Waals surface area contributed by atoms with E-state index in [2.05, 4.69) is 10.0 Å². The number of hydrogen-bond acceptors (Lipinski definition) is 3. The standard InChI is InChI=1S/C14H13N3O2/c15-17-16-12-5-4-8-14(11-12)19-10-9-18-13-6-2-1-3-7-13/h1-8,11H,9-10H2. The molecule has 5 nitrogen and oxygen atoms in total. The van der Waals surface area contributed by atoms with E-state index in [4.69, 9.17) is 15.0 Å². The van der Waals surface area contributed by atoms with Crippen LogP contribution in [-0.4, -0.2) is 13.2 Å². The number of rotatable bonds is 6. The molecule has 0 aromatic heterocycles. The third-order valence-electron chi connectivity index (χ3n) is 2.34. The van der Waals surface area contributed by atoms with Gasteiger partial charge in [-0.3, -0.25) is 0 Å². The third kappa shape index (κ3) is 4.26. The first kappa shape index (κ1) is 12.8. The van der Waals surface area contributed by atoms with Crippen molar-refractivity contribution in [2.75, 3.05) is 13.2 Å². The number of benzene rings is 2. The van der Waals surface area contributed by atoms with Crippen LogP contribution < -0.4 is 9.47 Å². The summed E-state index contributed by atoms with van der Waals surface area (Å²) in [6.45, 7) is 0.879. The van der Waals surface area contributed by atoms with Crippen LogP contribution in [0.2, 0.25) is 0 Å². The van der Waals surface area contributed by atoms with Gasteiger partial charge in [0.25, 0.3) is 0 Å². The number of para-hydroxylation sites is 1. The van der Waals surface area contributed by atoms with Crippen molar-refractivity contribution in [3.05, 3.63) is 65.0 Å². The Morgan fingerprint density at radius 1 is 0.895 bits per heavy atom. The van der Waals surface area contributed by atoms with Gasteiger partial charge < -0.3 is 9.47 Å². The minimum absolute atomic E-state index is 0.425. The van der Waals surface area contributed by atoms with Gasteiger partial charge in [-0.25, -0.2) is 0 Å². The smallest absolute Gasteiger partial charge is 0.122 e. The fourth-order valence-electron chi connectivity index (χ4n) is 1.52. The Bertz CT molecular complexity index is 566. The maximum absolute atomic E-state index is 8.35. The Morgan fingerprint density at radius 2 is 1.58 bits per heavy atom. The zero-order chi connectivity index (χ0) is 13.3. The third-order valence-corrected chi connectivity index (χ3v) is 2.34. The molecule has 2 rings (SSSR count). The molecule has 2 aromatic carbocycles. The lowest BCUT2D eigenvalue weighted by atomic mass is 10.3. The van der Waals surface area contributed by atoms with Crippen molar-refractivity contribution in [3.63, 3.8) is 0 Å². The summed E-state index contributed by atoms with van der Waals surface area (Å²) in [5.41, 5.74) is 8.88.